The number of aliphatic hydroxyl groups excluding tert-OH is 9. The summed E-state index contributed by atoms with van der Waals surface area (Å²) in [4.78, 5) is 158. The molecule has 25 atom stereocenters. The van der Waals surface area contributed by atoms with Gasteiger partial charge in [0.15, 0.2) is 30.9 Å². The largest absolute Gasteiger partial charge is 0.463 e. The van der Waals surface area contributed by atoms with Gasteiger partial charge in [-0.15, -0.1) is 0 Å². The standard InChI is InChI=1S/C86H146N6O34/c1-50-73(104)77(108)65(46-119-54(5)93)123-83(50)115-37-20-13-27-61(97)41-58(25-10-17-33-87-69(100)29-14-21-38-116-84-51(2)74(105)78(109)66(124-84)47-120-55(6)94)81(112)89-35-18-11-26-59(82(113)90-36-24-32-72(103)92-44-62(98)43-60(92)45-114-9)42-64(99)63(91-71(102)31-16-23-40-118-86-53(4)76(107)80(111)68(126-86)49-122-57(8)96)28-12-19-34-88-70(101)30-15-22-39-117-85-52(3)75(106)79(110)67(125-85)48-121-56(7)95/h50-53,58-60,62-63,65-68,73-80,83-86,98,104-111H,10-49H2,1-9H3,(H,87,100)(H,88,101)(H,89,112)(H,90,113)(H,91,102)/t50?,51?,52?,53?,58?,59?,60-,62+,63?,65?,66?,67?,68?,73+,74+,75+,76+,77-,78-,79-,80-,83+,84+,85+,86+/m0/s1. The summed E-state index contributed by atoms with van der Waals surface area (Å²) in [5.74, 6) is -9.51. The molecule has 5 heterocycles. The molecule has 11 unspecified atom stereocenters. The van der Waals surface area contributed by atoms with Crippen LogP contribution in [0.25, 0.3) is 0 Å². The Kier molecular flexibility index (Phi) is 51.9. The van der Waals surface area contributed by atoms with Gasteiger partial charge >= 0.3 is 23.9 Å². The van der Waals surface area contributed by atoms with Gasteiger partial charge in [-0.3, -0.25) is 57.5 Å². The van der Waals surface area contributed by atoms with Gasteiger partial charge in [-0.2, -0.15) is 0 Å². The van der Waals surface area contributed by atoms with Crippen LogP contribution in [0.3, 0.4) is 0 Å². The third kappa shape index (κ3) is 40.0. The van der Waals surface area contributed by atoms with Crippen molar-refractivity contribution in [1.82, 2.24) is 31.5 Å². The van der Waals surface area contributed by atoms with E-state index >= 15 is 0 Å². The predicted octanol–water partition coefficient (Wildman–Crippen LogP) is 0.317. The first-order chi connectivity index (χ1) is 60.0. The number of nitrogens with zero attached hydrogens (tertiary/aromatic N) is 1. The molecule has 0 aromatic rings. The molecule has 5 aliphatic heterocycles. The van der Waals surface area contributed by atoms with Gasteiger partial charge < -0.3 is 139 Å². The first kappa shape index (κ1) is 110. The number of carbonyl (C=O) groups is 12. The van der Waals surface area contributed by atoms with Crippen LogP contribution in [-0.2, 0) is 119 Å². The number of nitrogens with one attached hydrogen (secondary N) is 5. The molecule has 0 aromatic carbocycles. The Morgan fingerprint density at radius 2 is 0.706 bits per heavy atom. The second kappa shape index (κ2) is 59.6. The van der Waals surface area contributed by atoms with E-state index in [1.165, 1.54) is 34.8 Å². The number of hydrogen-bond acceptors (Lipinski definition) is 34. The maximum Gasteiger partial charge on any atom is 0.302 e. The summed E-state index contributed by atoms with van der Waals surface area (Å²) in [5.41, 5.74) is 0. The average Bonchev–Trinajstić information content (AvgIpc) is 1.25. The molecule has 40 nitrogen and oxygen atoms in total. The van der Waals surface area contributed by atoms with Gasteiger partial charge in [-0.05, 0) is 109 Å². The Bertz CT molecular complexity index is 3290. The van der Waals surface area contributed by atoms with Crippen molar-refractivity contribution in [2.75, 3.05) is 99.3 Å². The van der Waals surface area contributed by atoms with Gasteiger partial charge in [0, 0.05) is 174 Å². The van der Waals surface area contributed by atoms with E-state index in [1.54, 1.807) is 32.6 Å². The number of likely N-dealkylation sites (tertiary alicyclic amines) is 1. The molecule has 40 heteroatoms. The van der Waals surface area contributed by atoms with Crippen molar-refractivity contribution >= 4 is 70.9 Å². The molecule has 724 valence electrons. The van der Waals surface area contributed by atoms with E-state index in [1.807, 2.05) is 0 Å². The van der Waals surface area contributed by atoms with Gasteiger partial charge in [0.1, 0.15) is 81.0 Å². The Morgan fingerprint density at radius 3 is 1.07 bits per heavy atom. The van der Waals surface area contributed by atoms with E-state index in [-0.39, 0.29) is 199 Å². The highest BCUT2D eigenvalue weighted by molar-refractivity contribution is 5.92. The Morgan fingerprint density at radius 1 is 0.373 bits per heavy atom. The van der Waals surface area contributed by atoms with Gasteiger partial charge in [0.25, 0.3) is 0 Å². The van der Waals surface area contributed by atoms with E-state index in [9.17, 15) is 103 Å². The quantitative estimate of drug-likeness (QED) is 0.0221. The molecule has 0 aromatic heterocycles. The summed E-state index contributed by atoms with van der Waals surface area (Å²) in [6.45, 7) is 11.6. The van der Waals surface area contributed by atoms with Crippen molar-refractivity contribution in [2.24, 2.45) is 35.5 Å². The molecule has 0 saturated carbocycles. The van der Waals surface area contributed by atoms with Crippen molar-refractivity contribution in [3.63, 3.8) is 0 Å². The van der Waals surface area contributed by atoms with Crippen molar-refractivity contribution in [3.8, 4) is 0 Å². The van der Waals surface area contributed by atoms with Gasteiger partial charge in [0.05, 0.1) is 49.2 Å². The Balaban J connectivity index is 1.23. The zero-order valence-electron chi connectivity index (χ0n) is 74.9. The van der Waals surface area contributed by atoms with Gasteiger partial charge in [-0.25, -0.2) is 0 Å². The SMILES string of the molecule is COC[C@@H]1C[C@@H](O)CN1C(=O)CCCNC(=O)C(CCCCNC(=O)C(CCCCNC(=O)CCCCO[C@@H]1OC(COC(C)=O)[C@H](O)[C@H](O)C1C)CC(=O)CCCCO[C@@H]1OC(COC(C)=O)[C@H](O)[C@H](O)C1C)CC(=O)C(CCCCNC(=O)CCCCO[C@@H]1OC(COC(C)=O)[C@H](O)[C@H](O)C1C)NC(=O)CCCCO[C@@H]1OC(COC(C)=O)[C@H](O)[C@H](O)C1C. The normalized spacial score (nSPS) is 28.6. The van der Waals surface area contributed by atoms with Crippen LogP contribution in [0.1, 0.15) is 222 Å². The van der Waals surface area contributed by atoms with E-state index in [0.29, 0.717) is 89.9 Å². The van der Waals surface area contributed by atoms with Crippen LogP contribution in [0.2, 0.25) is 0 Å². The second-order valence-electron chi connectivity index (χ2n) is 33.9. The smallest absolute Gasteiger partial charge is 0.302 e. The third-order valence-electron chi connectivity index (χ3n) is 23.4. The molecule has 5 aliphatic rings. The molecule has 0 radical (unpaired) electrons. The monoisotopic (exact) mass is 1810 g/mol. The van der Waals surface area contributed by atoms with E-state index in [2.05, 4.69) is 26.6 Å². The number of carbonyl (C=O) groups excluding carboxylic acids is 12. The summed E-state index contributed by atoms with van der Waals surface area (Å²) < 4.78 is 72.1. The van der Waals surface area contributed by atoms with Gasteiger partial charge in [-0.1, -0.05) is 40.5 Å². The number of ether oxygens (including phenoxy) is 13. The van der Waals surface area contributed by atoms with E-state index in [0.717, 1.165) is 0 Å². The van der Waals surface area contributed by atoms with Crippen LogP contribution in [0.15, 0.2) is 0 Å². The summed E-state index contributed by atoms with van der Waals surface area (Å²) in [5, 5.41) is 110. The van der Waals surface area contributed by atoms with Crippen LogP contribution in [-0.4, -0.2) is 338 Å². The van der Waals surface area contributed by atoms with Crippen LogP contribution in [0.5, 0.6) is 0 Å². The second-order valence-corrected chi connectivity index (χ2v) is 33.9. The number of ketones is 2. The fraction of sp³-hybridized carbons (Fsp3) is 0.860. The number of methoxy groups -OCH3 is 1. The van der Waals surface area contributed by atoms with Crippen LogP contribution < -0.4 is 26.6 Å². The lowest BCUT2D eigenvalue weighted by Crippen LogP contribution is -2.55. The molecule has 0 bridgehead atoms. The van der Waals surface area contributed by atoms with Crippen LogP contribution >= 0.6 is 0 Å². The first-order valence-corrected chi connectivity index (χ1v) is 45.0. The highest BCUT2D eigenvalue weighted by Crippen LogP contribution is 2.33. The lowest BCUT2D eigenvalue weighted by Gasteiger charge is -2.41. The maximum atomic E-state index is 14.8. The highest BCUT2D eigenvalue weighted by Gasteiger charge is 2.48. The molecule has 126 heavy (non-hydrogen) atoms. The summed E-state index contributed by atoms with van der Waals surface area (Å²) >= 11 is 0. The van der Waals surface area contributed by atoms with Crippen LogP contribution in [0, 0.1) is 35.5 Å². The van der Waals surface area contributed by atoms with Crippen molar-refractivity contribution < 1.29 is 165 Å². The lowest BCUT2D eigenvalue weighted by atomic mass is 9.90. The van der Waals surface area contributed by atoms with Crippen LogP contribution in [0.4, 0.5) is 0 Å². The predicted molar refractivity (Wildman–Crippen MR) is 444 cm³/mol. The zero-order chi connectivity index (χ0) is 93.0. The fourth-order valence-corrected chi connectivity index (χ4v) is 15.5. The molecule has 14 N–H and O–H groups in total. The fourth-order valence-electron chi connectivity index (χ4n) is 15.5. The van der Waals surface area contributed by atoms with Crippen molar-refractivity contribution in [2.45, 2.75) is 339 Å². The topological polar surface area (TPSA) is 570 Å². The maximum absolute atomic E-state index is 14.8. The van der Waals surface area contributed by atoms with Crippen molar-refractivity contribution in [1.29, 1.82) is 0 Å². The zero-order valence-corrected chi connectivity index (χ0v) is 74.9. The first-order valence-electron chi connectivity index (χ1n) is 45.0. The Labute approximate surface area is 738 Å². The number of aliphatic hydroxyl groups is 9. The lowest BCUT2D eigenvalue weighted by molar-refractivity contribution is -0.283. The number of β-amino-alcohol motifs (C(OH)–C–C–N with tert-alkyl or cyclic N) is 1. The minimum Gasteiger partial charge on any atom is -0.463 e. The molecule has 0 spiro atoms. The summed E-state index contributed by atoms with van der Waals surface area (Å²) in [6, 6.07) is -1.44. The number of esters is 4. The number of rotatable bonds is 61. The highest BCUT2D eigenvalue weighted by atomic mass is 16.7. The van der Waals surface area contributed by atoms with Crippen molar-refractivity contribution in [3.05, 3.63) is 0 Å². The van der Waals surface area contributed by atoms with E-state index in [4.69, 9.17) is 61.6 Å². The molecule has 0 aliphatic carbocycles. The average molecular weight is 1810 g/mol. The van der Waals surface area contributed by atoms with Gasteiger partial charge in [0.2, 0.25) is 35.4 Å². The molecule has 5 rings (SSSR count). The third-order valence-corrected chi connectivity index (χ3v) is 23.4. The minimum atomic E-state index is -1.36. The number of Topliss-reactive ketones (excluding diaryl/α,β-unsaturated/α-hetero) is 2. The number of hydrogen-bond donors (Lipinski definition) is 14. The van der Waals surface area contributed by atoms with E-state index < -0.39 is 193 Å². The summed E-state index contributed by atoms with van der Waals surface area (Å²) in [6.07, 6.45) is -12.6. The summed E-state index contributed by atoms with van der Waals surface area (Å²) in [7, 11) is 1.50. The molecule has 6 amide bonds. The minimum absolute atomic E-state index is 0.0281. The number of unbranched alkanes of at least 4 members (excludes halogenated alkanes) is 7. The number of amides is 6. The molecule has 5 fully saturated rings. The molecular weight excluding hydrogens is 1660 g/mol. The molecular formula is C86H146N6O34. The molecule has 5 saturated heterocycles. The Hall–Kier alpha value is -6.68.